The lowest BCUT2D eigenvalue weighted by Crippen LogP contribution is -2.47. The number of nitrogens with zero attached hydrogens (tertiary/aromatic N) is 7. The number of aromatic nitrogens is 6. The van der Waals surface area contributed by atoms with Crippen LogP contribution in [0.4, 0.5) is 16.4 Å². The van der Waals surface area contributed by atoms with E-state index in [4.69, 9.17) is 34.7 Å². The van der Waals surface area contributed by atoms with Gasteiger partial charge in [0, 0.05) is 45.7 Å². The summed E-state index contributed by atoms with van der Waals surface area (Å²) in [7, 11) is -3.76. The van der Waals surface area contributed by atoms with E-state index < -0.39 is 94.8 Å². The number of nitrogen functional groups attached to an aromatic ring is 2. The lowest BCUT2D eigenvalue weighted by molar-refractivity contribution is -0.160. The summed E-state index contributed by atoms with van der Waals surface area (Å²) in [6.45, 7) is 10.0. The van der Waals surface area contributed by atoms with Crippen molar-refractivity contribution in [3.05, 3.63) is 35.4 Å². The Hall–Kier alpha value is -2.53. The molecule has 5 heterocycles. The smallest absolute Gasteiger partial charge is 0.455 e. The van der Waals surface area contributed by atoms with Gasteiger partial charge in [-0.2, -0.15) is 4.98 Å². The van der Waals surface area contributed by atoms with E-state index in [0.717, 1.165) is 21.7 Å². The molecule has 0 bridgehead atoms. The van der Waals surface area contributed by atoms with E-state index in [1.807, 2.05) is 41.5 Å². The Morgan fingerprint density at radius 2 is 1.68 bits per heavy atom. The van der Waals surface area contributed by atoms with Crippen LogP contribution in [0.5, 0.6) is 0 Å². The fourth-order valence-electron chi connectivity index (χ4n) is 5.77. The highest BCUT2D eigenvalue weighted by Gasteiger charge is 2.50. The second-order valence-corrected chi connectivity index (χ2v) is 24.5. The van der Waals surface area contributed by atoms with Crippen LogP contribution < -0.4 is 17.2 Å². The van der Waals surface area contributed by atoms with E-state index in [-0.39, 0.29) is 44.5 Å². The molecule has 2 saturated heterocycles. The minimum absolute atomic E-state index is 0.0197. The van der Waals surface area contributed by atoms with Crippen LogP contribution in [0.25, 0.3) is 11.2 Å². The molecule has 62 heavy (non-hydrogen) atoms. The summed E-state index contributed by atoms with van der Waals surface area (Å²) in [5.41, 5.74) is 11.0. The second-order valence-electron chi connectivity index (χ2n) is 15.8. The van der Waals surface area contributed by atoms with Gasteiger partial charge >= 0.3 is 27.3 Å². The third kappa shape index (κ3) is 13.7. The molecule has 2 aliphatic rings. The van der Waals surface area contributed by atoms with Gasteiger partial charge in [0.25, 0.3) is 5.24 Å². The van der Waals surface area contributed by atoms with Gasteiger partial charge in [-0.15, -0.1) is 0 Å². The van der Waals surface area contributed by atoms with E-state index in [0.29, 0.717) is 0 Å². The number of fused-ring (bicyclic) bond motifs is 1. The third-order valence-corrected chi connectivity index (χ3v) is 16.6. The maximum atomic E-state index is 14.2. The largest absolute Gasteiger partial charge is 0.472 e. The summed E-state index contributed by atoms with van der Waals surface area (Å²) in [5, 5.41) is 11.3. The molecule has 0 spiro atoms. The van der Waals surface area contributed by atoms with E-state index >= 15 is 0 Å². The predicted octanol–water partition coefficient (Wildman–Crippen LogP) is 3.10. The van der Waals surface area contributed by atoms with Crippen LogP contribution in [0.3, 0.4) is 0 Å². The lowest BCUT2D eigenvalue weighted by atomic mass is 10.1. The van der Waals surface area contributed by atoms with Gasteiger partial charge in [0.15, 0.2) is 23.8 Å². The van der Waals surface area contributed by atoms with Gasteiger partial charge in [0.2, 0.25) is 0 Å². The van der Waals surface area contributed by atoms with Gasteiger partial charge in [0.1, 0.15) is 54.3 Å². The van der Waals surface area contributed by atoms with Gasteiger partial charge in [-0.1, -0.05) is 73.9 Å². The number of esters is 1. The van der Waals surface area contributed by atoms with Crippen LogP contribution in [0, 0.1) is 0 Å². The molecule has 5 unspecified atom stereocenters. The van der Waals surface area contributed by atoms with E-state index in [9.17, 15) is 43.3 Å². The van der Waals surface area contributed by atoms with E-state index in [2.05, 4.69) is 24.5 Å². The summed E-state index contributed by atoms with van der Waals surface area (Å²) in [6.07, 6.45) is -7.01. The molecule has 346 valence electrons. The summed E-state index contributed by atoms with van der Waals surface area (Å²) >= 11 is 0. The maximum absolute atomic E-state index is 14.2. The van der Waals surface area contributed by atoms with Crippen molar-refractivity contribution in [1.29, 1.82) is 0 Å². The Balaban J connectivity index is 1.39. The molecule has 9 atom stereocenters. The SMILES string of the molecule is CN(C(=O)SSC(C)(C)C)[C@@H](CSSC(C)(C)C)C(=O)OC1C(COP(=O)(O)O[C@H]2C[C@H](n3ccc(N)nc3=O)O[C@@H]2COP(=O)(O)O)OC(n2cnc3c(N)ncnc32)C1O. The molecule has 0 aromatic carbocycles. The highest BCUT2D eigenvalue weighted by atomic mass is 33.1. The van der Waals surface area contributed by atoms with Crippen LogP contribution >= 0.6 is 58.8 Å². The standard InChI is InChI=1S/C32H49N9O15P2S4/c1-31(2,3)61-59-13-16(39(7)30(45)60-62-32(4,5)6)28(43)55-24-19(54-27(23(24)42)41-15-37-22-25(34)35-14-36-26(22)41)12-52-58(49,50)56-17-10-21(40-9-8-20(33)38-29(40)44)53-18(17)11-51-57(46,47)48/h8-9,14-19,21,23-24,27,42H,10-13H2,1-7H3,(H,49,50)(H2,33,38,44)(H2,34,35,36)(H2,46,47,48)/t16-,17-,18+,19?,21+,23?,24?,27?/m0/s1. The number of carbonyl (C=O) groups excluding carboxylic acids is 2. The molecule has 30 heteroatoms. The van der Waals surface area contributed by atoms with Crippen LogP contribution in [0.15, 0.2) is 29.7 Å². The van der Waals surface area contributed by atoms with Gasteiger partial charge in [-0.05, 0) is 6.07 Å². The van der Waals surface area contributed by atoms with Crippen molar-refractivity contribution in [3.8, 4) is 0 Å². The number of phosphoric acid groups is 2. The number of carbonyl (C=O) groups is 2. The van der Waals surface area contributed by atoms with E-state index in [1.165, 1.54) is 67.5 Å². The van der Waals surface area contributed by atoms with Gasteiger partial charge in [-0.3, -0.25) is 27.5 Å². The first-order valence-corrected chi connectivity index (χ1v) is 26.0. The number of hydrogen-bond acceptors (Lipinski definition) is 22. The molecule has 2 aliphatic heterocycles. The van der Waals surface area contributed by atoms with Crippen molar-refractivity contribution in [3.63, 3.8) is 0 Å². The Morgan fingerprint density at radius 1 is 1.00 bits per heavy atom. The molecule has 2 fully saturated rings. The average Bonchev–Trinajstić information content (AvgIpc) is 3.85. The Bertz CT molecular complexity index is 2230. The maximum Gasteiger partial charge on any atom is 0.472 e. The number of amides is 1. The Morgan fingerprint density at radius 3 is 2.32 bits per heavy atom. The number of rotatable bonds is 17. The summed E-state index contributed by atoms with van der Waals surface area (Å²) in [5.74, 6) is -0.927. The number of aliphatic hydroxyl groups excluding tert-OH is 1. The Labute approximate surface area is 370 Å². The van der Waals surface area contributed by atoms with Gasteiger partial charge in [-0.25, -0.2) is 33.7 Å². The van der Waals surface area contributed by atoms with Crippen molar-refractivity contribution >= 4 is 92.8 Å². The number of ether oxygens (including phenoxy) is 3. The molecule has 24 nitrogen and oxygen atoms in total. The number of phosphoric ester groups is 2. The fourth-order valence-corrected chi connectivity index (χ4v) is 11.5. The van der Waals surface area contributed by atoms with Crippen molar-refractivity contribution in [2.45, 2.75) is 106 Å². The molecule has 5 rings (SSSR count). The first-order chi connectivity index (χ1) is 28.7. The van der Waals surface area contributed by atoms with Crippen LogP contribution in [-0.2, 0) is 41.7 Å². The number of aliphatic hydroxyl groups is 1. The summed E-state index contributed by atoms with van der Waals surface area (Å²) in [6, 6.07) is 0.108. The minimum atomic E-state index is -5.21. The normalized spacial score (nSPS) is 24.9. The van der Waals surface area contributed by atoms with Crippen LogP contribution in [-0.4, -0.2) is 137 Å². The highest BCUT2D eigenvalue weighted by Crippen LogP contribution is 2.50. The number of nitrogens with two attached hydrogens (primary N) is 2. The molecule has 0 aliphatic carbocycles. The van der Waals surface area contributed by atoms with Gasteiger partial charge < -0.3 is 50.4 Å². The fraction of sp³-hybridized carbons (Fsp3) is 0.656. The second kappa shape index (κ2) is 20.3. The molecule has 8 N–H and O–H groups in total. The Kier molecular flexibility index (Phi) is 16.5. The van der Waals surface area contributed by atoms with E-state index in [1.54, 1.807) is 0 Å². The molecule has 0 saturated carbocycles. The molecule has 3 aromatic rings. The van der Waals surface area contributed by atoms with Crippen molar-refractivity contribution in [2.75, 3.05) is 37.5 Å². The number of imidazole rings is 1. The van der Waals surface area contributed by atoms with Crippen molar-refractivity contribution in [2.24, 2.45) is 0 Å². The molecular weight excluding hydrogens is 941 g/mol. The summed E-state index contributed by atoms with van der Waals surface area (Å²) in [4.78, 5) is 86.9. The topological polar surface area (TPSA) is 338 Å². The molecule has 0 radical (unpaired) electrons. The third-order valence-electron chi connectivity index (χ3n) is 8.57. The minimum Gasteiger partial charge on any atom is -0.455 e. The predicted molar refractivity (Wildman–Crippen MR) is 231 cm³/mol. The zero-order valence-corrected chi connectivity index (χ0v) is 39.4. The first-order valence-electron chi connectivity index (χ1n) is 18.5. The number of likely N-dealkylation sites (N-methyl/N-ethyl adjacent to an activating group) is 1. The zero-order valence-electron chi connectivity index (χ0n) is 34.3. The van der Waals surface area contributed by atoms with Gasteiger partial charge in [0.05, 0.1) is 19.5 Å². The zero-order chi connectivity index (χ0) is 45.9. The lowest BCUT2D eigenvalue weighted by Gasteiger charge is -2.30. The number of anilines is 2. The van der Waals surface area contributed by atoms with Crippen LogP contribution in [0.2, 0.25) is 0 Å². The van der Waals surface area contributed by atoms with Crippen LogP contribution in [0.1, 0.15) is 60.4 Å². The highest BCUT2D eigenvalue weighted by molar-refractivity contribution is 8.82. The molecule has 3 aromatic heterocycles. The molecular formula is C32H49N9O15P2S4. The molecule has 1 amide bonds. The summed E-state index contributed by atoms with van der Waals surface area (Å²) < 4.78 is 60.1. The van der Waals surface area contributed by atoms with Crippen molar-refractivity contribution < 1.29 is 66.3 Å². The average molecular weight is 990 g/mol. The number of hydrogen-bond donors (Lipinski definition) is 6. The first kappa shape index (κ1) is 50.5. The quantitative estimate of drug-likeness (QED) is 0.0643. The monoisotopic (exact) mass is 989 g/mol. The van der Waals surface area contributed by atoms with Crippen molar-refractivity contribution in [1.82, 2.24) is 34.0 Å².